The van der Waals surface area contributed by atoms with Crippen LogP contribution in [0.25, 0.3) is 10.9 Å². The van der Waals surface area contributed by atoms with Crippen LogP contribution < -0.4 is 10.8 Å². The van der Waals surface area contributed by atoms with E-state index in [4.69, 9.17) is 0 Å². The molecule has 1 aliphatic rings. The van der Waals surface area contributed by atoms with Crippen molar-refractivity contribution in [2.24, 2.45) is 5.92 Å². The van der Waals surface area contributed by atoms with Gasteiger partial charge in [-0.3, -0.25) is 4.79 Å². The van der Waals surface area contributed by atoms with Crippen LogP contribution >= 0.6 is 0 Å². The smallest absolute Gasteiger partial charge is 0.253 e. The molecule has 3 nitrogen and oxygen atoms in total. The predicted molar refractivity (Wildman–Crippen MR) is 104 cm³/mol. The fraction of sp³-hybridized carbons (Fsp3) is 0.550. The summed E-state index contributed by atoms with van der Waals surface area (Å²) in [5.74, 6) is 0.877. The maximum Gasteiger partial charge on any atom is 0.253 e. The second kappa shape index (κ2) is 7.91. The van der Waals surface area contributed by atoms with E-state index in [2.05, 4.69) is 42.9 Å². The number of benzene rings is 1. The van der Waals surface area contributed by atoms with Gasteiger partial charge in [0.15, 0.2) is 0 Å². The number of aryl methyl sites for hydroxylation is 1. The van der Waals surface area contributed by atoms with Crippen LogP contribution in [0, 0.1) is 5.92 Å². The predicted octanol–water partition coefficient (Wildman–Crippen LogP) is 3.01. The van der Waals surface area contributed by atoms with Crippen LogP contribution in [-0.4, -0.2) is 24.9 Å². The van der Waals surface area contributed by atoms with Crippen molar-refractivity contribution < 1.29 is 4.79 Å². The number of amides is 1. The average molecular weight is 324 g/mol. The van der Waals surface area contributed by atoms with E-state index in [0.29, 0.717) is 0 Å². The number of carbonyl (C=O) groups is 1. The number of hydrogen-bond donors (Lipinski definition) is 1. The van der Waals surface area contributed by atoms with Gasteiger partial charge in [-0.1, -0.05) is 56.1 Å². The highest BCUT2D eigenvalue weighted by molar-refractivity contribution is 6.40. The van der Waals surface area contributed by atoms with Crippen molar-refractivity contribution >= 4 is 30.1 Å². The van der Waals surface area contributed by atoms with Gasteiger partial charge >= 0.3 is 0 Å². The Balaban J connectivity index is 1.67. The third-order valence-electron chi connectivity index (χ3n) is 5.51. The minimum absolute atomic E-state index is 0.0788. The third kappa shape index (κ3) is 3.68. The van der Waals surface area contributed by atoms with Crippen molar-refractivity contribution in [3.05, 3.63) is 30.0 Å². The van der Waals surface area contributed by atoms with Gasteiger partial charge in [-0.15, -0.1) is 0 Å². The highest BCUT2D eigenvalue weighted by Crippen LogP contribution is 2.25. The van der Waals surface area contributed by atoms with Crippen LogP contribution in [0.2, 0.25) is 0 Å². The summed E-state index contributed by atoms with van der Waals surface area (Å²) in [6.07, 6.45) is 11.3. The Hall–Kier alpha value is -1.71. The van der Waals surface area contributed by atoms with Gasteiger partial charge < -0.3 is 9.88 Å². The number of carbonyl (C=O) groups excluding carboxylic acids is 1. The second-order valence-electron chi connectivity index (χ2n) is 7.20. The van der Waals surface area contributed by atoms with Gasteiger partial charge in [0.2, 0.25) is 0 Å². The van der Waals surface area contributed by atoms with Crippen molar-refractivity contribution in [3.8, 4) is 0 Å². The maximum absolute atomic E-state index is 12.7. The SMILES string of the molecule is Bc1cccc2c1c(C(=O)NCCC1CCCCCC1)cn2CC. The van der Waals surface area contributed by atoms with Gasteiger partial charge in [0, 0.05) is 30.2 Å². The normalized spacial score (nSPS) is 16.2. The molecular formula is C20H29BN2O. The Morgan fingerprint density at radius 2 is 2.00 bits per heavy atom. The van der Waals surface area contributed by atoms with E-state index in [1.165, 1.54) is 44.0 Å². The Morgan fingerprint density at radius 1 is 1.25 bits per heavy atom. The number of nitrogens with zero attached hydrogens (tertiary/aromatic N) is 1. The van der Waals surface area contributed by atoms with E-state index >= 15 is 0 Å². The standard InChI is InChI=1S/C20H29BN2O/c1-2-23-14-16(19-17(21)10-7-11-18(19)23)20(24)22-13-12-15-8-5-3-4-6-9-15/h7,10-11,14-15H,2-6,8-9,12-13,21H2,1H3,(H,22,24). The molecule has 1 amide bonds. The monoisotopic (exact) mass is 324 g/mol. The lowest BCUT2D eigenvalue weighted by atomic mass is 9.90. The summed E-state index contributed by atoms with van der Waals surface area (Å²) in [4.78, 5) is 12.7. The Bertz CT molecular complexity index is 699. The molecule has 0 unspecified atom stereocenters. The van der Waals surface area contributed by atoms with Gasteiger partial charge in [-0.25, -0.2) is 0 Å². The Labute approximate surface area is 146 Å². The molecule has 0 spiro atoms. The maximum atomic E-state index is 12.7. The summed E-state index contributed by atoms with van der Waals surface area (Å²) in [6.45, 7) is 3.80. The van der Waals surface area contributed by atoms with E-state index in [0.717, 1.165) is 41.9 Å². The zero-order chi connectivity index (χ0) is 16.9. The second-order valence-corrected chi connectivity index (χ2v) is 7.20. The van der Waals surface area contributed by atoms with E-state index in [1.54, 1.807) is 0 Å². The molecule has 0 aliphatic heterocycles. The molecule has 1 aromatic carbocycles. The van der Waals surface area contributed by atoms with Crippen molar-refractivity contribution in [3.63, 3.8) is 0 Å². The molecule has 2 aromatic rings. The zero-order valence-electron chi connectivity index (χ0n) is 15.1. The number of rotatable bonds is 5. The van der Waals surface area contributed by atoms with E-state index < -0.39 is 0 Å². The van der Waals surface area contributed by atoms with Crippen LogP contribution in [0.1, 0.15) is 62.2 Å². The van der Waals surface area contributed by atoms with Crippen molar-refractivity contribution in [1.82, 2.24) is 9.88 Å². The number of fused-ring (bicyclic) bond motifs is 1. The van der Waals surface area contributed by atoms with Gasteiger partial charge in [-0.05, 0) is 25.3 Å². The van der Waals surface area contributed by atoms with Gasteiger partial charge in [0.05, 0.1) is 5.56 Å². The van der Waals surface area contributed by atoms with Crippen LogP contribution in [-0.2, 0) is 6.54 Å². The lowest BCUT2D eigenvalue weighted by Gasteiger charge is -2.14. The van der Waals surface area contributed by atoms with Crippen LogP contribution in [0.3, 0.4) is 0 Å². The first-order valence-electron chi connectivity index (χ1n) is 9.57. The number of nitrogens with one attached hydrogen (secondary N) is 1. The van der Waals surface area contributed by atoms with Crippen LogP contribution in [0.5, 0.6) is 0 Å². The summed E-state index contributed by atoms with van der Waals surface area (Å²) in [6, 6.07) is 6.26. The minimum Gasteiger partial charge on any atom is -0.352 e. The summed E-state index contributed by atoms with van der Waals surface area (Å²) in [7, 11) is 2.09. The Morgan fingerprint density at radius 3 is 2.71 bits per heavy atom. The largest absolute Gasteiger partial charge is 0.352 e. The first-order valence-corrected chi connectivity index (χ1v) is 9.57. The topological polar surface area (TPSA) is 34.0 Å². The van der Waals surface area contributed by atoms with Crippen LogP contribution in [0.4, 0.5) is 0 Å². The fourth-order valence-corrected chi connectivity index (χ4v) is 4.10. The van der Waals surface area contributed by atoms with E-state index in [1.807, 2.05) is 6.20 Å². The molecule has 0 radical (unpaired) electrons. The molecule has 1 saturated carbocycles. The minimum atomic E-state index is 0.0788. The molecule has 24 heavy (non-hydrogen) atoms. The van der Waals surface area contributed by atoms with E-state index in [-0.39, 0.29) is 5.91 Å². The van der Waals surface area contributed by atoms with Gasteiger partial charge in [0.25, 0.3) is 5.91 Å². The van der Waals surface area contributed by atoms with Crippen molar-refractivity contribution in [2.75, 3.05) is 6.54 Å². The highest BCUT2D eigenvalue weighted by Gasteiger charge is 2.17. The molecule has 0 saturated heterocycles. The average Bonchev–Trinajstić information content (AvgIpc) is 2.77. The summed E-state index contributed by atoms with van der Waals surface area (Å²) in [5.41, 5.74) is 3.16. The van der Waals surface area contributed by atoms with Gasteiger partial charge in [-0.2, -0.15) is 0 Å². The molecule has 1 heterocycles. The molecule has 0 atom stereocenters. The van der Waals surface area contributed by atoms with Gasteiger partial charge in [0.1, 0.15) is 7.85 Å². The molecule has 128 valence electrons. The molecular weight excluding hydrogens is 295 g/mol. The summed E-state index contributed by atoms with van der Waals surface area (Å²) < 4.78 is 2.17. The molecule has 1 aromatic heterocycles. The van der Waals surface area contributed by atoms with E-state index in [9.17, 15) is 4.79 Å². The molecule has 1 N–H and O–H groups in total. The highest BCUT2D eigenvalue weighted by atomic mass is 16.1. The first-order chi connectivity index (χ1) is 11.7. The van der Waals surface area contributed by atoms with Crippen molar-refractivity contribution in [2.45, 2.75) is 58.4 Å². The third-order valence-corrected chi connectivity index (χ3v) is 5.51. The molecule has 4 heteroatoms. The van der Waals surface area contributed by atoms with Crippen LogP contribution in [0.15, 0.2) is 24.4 Å². The lowest BCUT2D eigenvalue weighted by molar-refractivity contribution is 0.0952. The molecule has 0 bridgehead atoms. The lowest BCUT2D eigenvalue weighted by Crippen LogP contribution is -2.26. The number of hydrogen-bond acceptors (Lipinski definition) is 1. The molecule has 1 aliphatic carbocycles. The Kier molecular flexibility index (Phi) is 5.65. The molecule has 1 fully saturated rings. The zero-order valence-corrected chi connectivity index (χ0v) is 15.1. The molecule has 3 rings (SSSR count). The first kappa shape index (κ1) is 17.1. The summed E-state index contributed by atoms with van der Waals surface area (Å²) in [5, 5.41) is 4.27. The quantitative estimate of drug-likeness (QED) is 0.666. The van der Waals surface area contributed by atoms with Crippen molar-refractivity contribution in [1.29, 1.82) is 0 Å². The summed E-state index contributed by atoms with van der Waals surface area (Å²) >= 11 is 0. The fourth-order valence-electron chi connectivity index (χ4n) is 4.10. The number of aromatic nitrogens is 1.